The van der Waals surface area contributed by atoms with Crippen molar-refractivity contribution in [1.82, 2.24) is 4.90 Å². The predicted molar refractivity (Wildman–Crippen MR) is 108 cm³/mol. The van der Waals surface area contributed by atoms with Gasteiger partial charge in [-0.3, -0.25) is 9.59 Å². The van der Waals surface area contributed by atoms with E-state index in [0.717, 1.165) is 0 Å². The van der Waals surface area contributed by atoms with Crippen LogP contribution in [-0.2, 0) is 19.1 Å². The summed E-state index contributed by atoms with van der Waals surface area (Å²) in [6, 6.07) is -0.164. The van der Waals surface area contributed by atoms with E-state index in [9.17, 15) is 19.5 Å². The lowest BCUT2D eigenvalue weighted by molar-refractivity contribution is -0.175. The summed E-state index contributed by atoms with van der Waals surface area (Å²) in [7, 11) is 0. The van der Waals surface area contributed by atoms with Crippen LogP contribution < -0.4 is 0 Å². The maximum absolute atomic E-state index is 13.0. The summed E-state index contributed by atoms with van der Waals surface area (Å²) in [5, 5.41) is 9.47. The van der Waals surface area contributed by atoms with Crippen molar-refractivity contribution in [1.29, 1.82) is 0 Å². The predicted octanol–water partition coefficient (Wildman–Crippen LogP) is 4.48. The summed E-state index contributed by atoms with van der Waals surface area (Å²) < 4.78 is 11.0. The zero-order valence-electron chi connectivity index (χ0n) is 19.2. The van der Waals surface area contributed by atoms with Gasteiger partial charge in [-0.05, 0) is 67.7 Å². The highest BCUT2D eigenvalue weighted by atomic mass is 16.6. The number of hydrogen-bond acceptors (Lipinski definition) is 5. The van der Waals surface area contributed by atoms with E-state index >= 15 is 0 Å². The summed E-state index contributed by atoms with van der Waals surface area (Å²) in [5.74, 6) is -1.91. The Balaban J connectivity index is 5.76. The van der Waals surface area contributed by atoms with Crippen LogP contribution in [0.2, 0.25) is 0 Å². The first kappa shape index (κ1) is 26.2. The molecule has 0 aromatic rings. The number of esters is 1. The summed E-state index contributed by atoms with van der Waals surface area (Å²) in [5.41, 5.74) is -2.63. The van der Waals surface area contributed by atoms with Crippen LogP contribution in [0, 0.1) is 11.3 Å². The van der Waals surface area contributed by atoms with Crippen LogP contribution in [0.1, 0.15) is 82.1 Å². The summed E-state index contributed by atoms with van der Waals surface area (Å²) >= 11 is 0. The molecule has 0 saturated carbocycles. The molecular weight excluding hydrogens is 362 g/mol. The standard InChI is InChI=1S/C21H39NO6/c1-14(2)21(13-16(23)24,17(25)27-19(5,6)7)11-12-22(15(3)4)18(26)28-20(8,9)10/h14-15H,11-13H2,1-10H3,(H,23,24). The molecule has 0 heterocycles. The fourth-order valence-electron chi connectivity index (χ4n) is 2.84. The zero-order valence-corrected chi connectivity index (χ0v) is 19.2. The molecule has 1 unspecified atom stereocenters. The minimum absolute atomic E-state index is 0.164. The number of carboxylic acid groups (broad SMARTS) is 1. The zero-order chi connectivity index (χ0) is 22.5. The van der Waals surface area contributed by atoms with E-state index in [1.807, 2.05) is 13.8 Å². The highest BCUT2D eigenvalue weighted by Gasteiger charge is 2.46. The molecule has 0 aliphatic heterocycles. The lowest BCUT2D eigenvalue weighted by Crippen LogP contribution is -2.48. The molecule has 28 heavy (non-hydrogen) atoms. The third-order valence-electron chi connectivity index (χ3n) is 4.43. The quantitative estimate of drug-likeness (QED) is 0.603. The van der Waals surface area contributed by atoms with E-state index in [4.69, 9.17) is 9.47 Å². The van der Waals surface area contributed by atoms with E-state index in [0.29, 0.717) is 0 Å². The van der Waals surface area contributed by atoms with Crippen molar-refractivity contribution in [2.24, 2.45) is 11.3 Å². The summed E-state index contributed by atoms with van der Waals surface area (Å²) in [4.78, 5) is 38.7. The number of carbonyl (C=O) groups excluding carboxylic acids is 2. The van der Waals surface area contributed by atoms with Crippen molar-refractivity contribution in [2.75, 3.05) is 6.54 Å². The van der Waals surface area contributed by atoms with Gasteiger partial charge in [0, 0.05) is 12.6 Å². The van der Waals surface area contributed by atoms with Crippen LogP contribution in [-0.4, -0.2) is 51.8 Å². The van der Waals surface area contributed by atoms with Crippen molar-refractivity contribution >= 4 is 18.0 Å². The summed E-state index contributed by atoms with van der Waals surface area (Å²) in [6.07, 6.45) is -0.678. The molecule has 164 valence electrons. The van der Waals surface area contributed by atoms with Crippen molar-refractivity contribution in [3.63, 3.8) is 0 Å². The Hall–Kier alpha value is -1.79. The van der Waals surface area contributed by atoms with Gasteiger partial charge in [-0.1, -0.05) is 13.8 Å². The fraction of sp³-hybridized carbons (Fsp3) is 0.857. The smallest absolute Gasteiger partial charge is 0.410 e. The molecule has 0 saturated heterocycles. The molecule has 0 rings (SSSR count). The van der Waals surface area contributed by atoms with Gasteiger partial charge in [0.2, 0.25) is 0 Å². The van der Waals surface area contributed by atoms with Crippen LogP contribution >= 0.6 is 0 Å². The lowest BCUT2D eigenvalue weighted by atomic mass is 9.71. The first-order valence-electron chi connectivity index (χ1n) is 9.86. The van der Waals surface area contributed by atoms with E-state index in [1.54, 1.807) is 55.4 Å². The van der Waals surface area contributed by atoms with Gasteiger partial charge in [0.1, 0.15) is 11.2 Å². The second kappa shape index (κ2) is 9.61. The Morgan fingerprint density at radius 3 is 1.68 bits per heavy atom. The SMILES string of the molecule is CC(C)N(CCC(CC(=O)O)(C(=O)OC(C)(C)C)C(C)C)C(=O)OC(C)(C)C. The Morgan fingerprint density at radius 1 is 0.893 bits per heavy atom. The molecule has 1 atom stereocenters. The minimum Gasteiger partial charge on any atom is -0.481 e. The molecular formula is C21H39NO6. The van der Waals surface area contributed by atoms with Crippen LogP contribution in [0.3, 0.4) is 0 Å². The van der Waals surface area contributed by atoms with E-state index in [-0.39, 0.29) is 31.3 Å². The average Bonchev–Trinajstić information content (AvgIpc) is 2.40. The van der Waals surface area contributed by atoms with Crippen LogP contribution in [0.5, 0.6) is 0 Å². The van der Waals surface area contributed by atoms with Gasteiger partial charge < -0.3 is 19.5 Å². The molecule has 7 heteroatoms. The maximum atomic E-state index is 13.0. The number of aliphatic carboxylic acids is 1. The van der Waals surface area contributed by atoms with Gasteiger partial charge >= 0.3 is 18.0 Å². The number of hydrogen-bond donors (Lipinski definition) is 1. The van der Waals surface area contributed by atoms with Gasteiger partial charge in [-0.2, -0.15) is 0 Å². The average molecular weight is 402 g/mol. The second-order valence-electron chi connectivity index (χ2n) is 9.90. The highest BCUT2D eigenvalue weighted by Crippen LogP contribution is 2.39. The first-order chi connectivity index (χ1) is 12.4. The van der Waals surface area contributed by atoms with Gasteiger partial charge in [-0.25, -0.2) is 4.79 Å². The molecule has 0 radical (unpaired) electrons. The number of carbonyl (C=O) groups is 3. The van der Waals surface area contributed by atoms with Crippen LogP contribution in [0.25, 0.3) is 0 Å². The Labute approximate surface area is 169 Å². The number of amides is 1. The second-order valence-corrected chi connectivity index (χ2v) is 9.90. The molecule has 0 bridgehead atoms. The first-order valence-corrected chi connectivity index (χ1v) is 9.86. The normalized spacial score (nSPS) is 14.6. The Morgan fingerprint density at radius 2 is 1.36 bits per heavy atom. The third kappa shape index (κ3) is 8.48. The van der Waals surface area contributed by atoms with Crippen molar-refractivity contribution in [3.8, 4) is 0 Å². The third-order valence-corrected chi connectivity index (χ3v) is 4.43. The van der Waals surface area contributed by atoms with Gasteiger partial charge in [0.15, 0.2) is 0 Å². The molecule has 0 spiro atoms. The topological polar surface area (TPSA) is 93.1 Å². The molecule has 0 fully saturated rings. The largest absolute Gasteiger partial charge is 0.481 e. The molecule has 1 N–H and O–H groups in total. The van der Waals surface area contributed by atoms with Crippen LogP contribution in [0.4, 0.5) is 4.79 Å². The molecule has 0 aliphatic rings. The molecule has 1 amide bonds. The number of nitrogens with zero attached hydrogens (tertiary/aromatic N) is 1. The molecule has 0 aromatic heterocycles. The lowest BCUT2D eigenvalue weighted by Gasteiger charge is -2.39. The summed E-state index contributed by atoms with van der Waals surface area (Å²) in [6.45, 7) is 18.1. The van der Waals surface area contributed by atoms with Crippen molar-refractivity contribution in [2.45, 2.75) is 99.3 Å². The highest BCUT2D eigenvalue weighted by molar-refractivity contribution is 5.83. The Kier molecular flexibility index (Phi) is 9.00. The van der Waals surface area contributed by atoms with Crippen molar-refractivity contribution in [3.05, 3.63) is 0 Å². The number of ether oxygens (including phenoxy) is 2. The maximum Gasteiger partial charge on any atom is 0.410 e. The van der Waals surface area contributed by atoms with E-state index in [2.05, 4.69) is 0 Å². The number of rotatable bonds is 8. The van der Waals surface area contributed by atoms with Gasteiger partial charge in [0.25, 0.3) is 0 Å². The fourth-order valence-corrected chi connectivity index (χ4v) is 2.84. The van der Waals surface area contributed by atoms with Crippen molar-refractivity contribution < 1.29 is 29.0 Å². The van der Waals surface area contributed by atoms with Crippen LogP contribution in [0.15, 0.2) is 0 Å². The minimum atomic E-state index is -1.24. The molecule has 0 aliphatic carbocycles. The molecule has 0 aromatic carbocycles. The monoisotopic (exact) mass is 401 g/mol. The van der Waals surface area contributed by atoms with E-state index in [1.165, 1.54) is 4.90 Å². The Bertz CT molecular complexity index is 556. The molecule has 7 nitrogen and oxygen atoms in total. The number of carboxylic acids is 1. The van der Waals surface area contributed by atoms with Gasteiger partial charge in [-0.15, -0.1) is 0 Å². The van der Waals surface area contributed by atoms with E-state index < -0.39 is 34.6 Å². The van der Waals surface area contributed by atoms with Gasteiger partial charge in [0.05, 0.1) is 11.8 Å².